The number of carbonyl (C=O) groups excluding carboxylic acids is 1. The van der Waals surface area contributed by atoms with Crippen LogP contribution in [0.25, 0.3) is 0 Å². The van der Waals surface area contributed by atoms with Crippen LogP contribution < -0.4 is 11.1 Å². The molecule has 1 saturated heterocycles. The van der Waals surface area contributed by atoms with E-state index in [-0.39, 0.29) is 27.3 Å². The number of nitrogens with two attached hydrogens (primary N) is 1. The van der Waals surface area contributed by atoms with Gasteiger partial charge in [-0.05, 0) is 31.0 Å². The first-order valence-corrected chi connectivity index (χ1v) is 11.3. The van der Waals surface area contributed by atoms with Crippen LogP contribution in [-0.4, -0.2) is 47.7 Å². The van der Waals surface area contributed by atoms with E-state index >= 15 is 0 Å². The van der Waals surface area contributed by atoms with Gasteiger partial charge in [-0.1, -0.05) is 34.7 Å². The Hall–Kier alpha value is -1.40. The number of nitrogens with zero attached hydrogens (tertiary/aromatic N) is 3. The maximum absolute atomic E-state index is 12.6. The van der Waals surface area contributed by atoms with E-state index in [1.165, 1.54) is 45.6 Å². The van der Waals surface area contributed by atoms with Gasteiger partial charge in [0.1, 0.15) is 0 Å². The summed E-state index contributed by atoms with van der Waals surface area (Å²) in [5, 5.41) is 10.7. The highest BCUT2D eigenvalue weighted by Gasteiger charge is 2.27. The van der Waals surface area contributed by atoms with Crippen LogP contribution in [0.3, 0.4) is 0 Å². The highest BCUT2D eigenvalue weighted by Crippen LogP contribution is 2.29. The summed E-state index contributed by atoms with van der Waals surface area (Å²) in [5.74, 6) is -0.255. The van der Waals surface area contributed by atoms with Gasteiger partial charge in [-0.2, -0.15) is 4.31 Å². The molecule has 2 heterocycles. The van der Waals surface area contributed by atoms with Crippen molar-refractivity contribution in [1.29, 1.82) is 0 Å². The van der Waals surface area contributed by atoms with Crippen molar-refractivity contribution in [3.63, 3.8) is 0 Å². The number of amides is 1. The van der Waals surface area contributed by atoms with Crippen molar-refractivity contribution in [2.75, 3.05) is 29.9 Å². The molecule has 12 heteroatoms. The van der Waals surface area contributed by atoms with Crippen LogP contribution in [-0.2, 0) is 14.8 Å². The normalized spacial score (nSPS) is 15.3. The minimum atomic E-state index is -3.58. The zero-order valence-electron chi connectivity index (χ0n) is 13.5. The fraction of sp³-hybridized carbons (Fsp3) is 0.357. The van der Waals surface area contributed by atoms with E-state index in [0.717, 1.165) is 12.8 Å². The fourth-order valence-electron chi connectivity index (χ4n) is 2.43. The predicted octanol–water partition coefficient (Wildman–Crippen LogP) is 2.29. The number of sulfonamides is 1. The molecule has 26 heavy (non-hydrogen) atoms. The number of carbonyl (C=O) groups is 1. The topological polar surface area (TPSA) is 118 Å². The lowest BCUT2D eigenvalue weighted by Crippen LogP contribution is -2.28. The lowest BCUT2D eigenvalue weighted by molar-refractivity contribution is -0.113. The van der Waals surface area contributed by atoms with Gasteiger partial charge in [-0.25, -0.2) is 8.42 Å². The van der Waals surface area contributed by atoms with Crippen LogP contribution in [0.5, 0.6) is 0 Å². The Labute approximate surface area is 164 Å². The average molecular weight is 434 g/mol. The van der Waals surface area contributed by atoms with E-state index in [4.69, 9.17) is 17.3 Å². The van der Waals surface area contributed by atoms with Crippen molar-refractivity contribution in [1.82, 2.24) is 14.5 Å². The first-order chi connectivity index (χ1) is 12.4. The summed E-state index contributed by atoms with van der Waals surface area (Å²) in [7, 11) is -3.58. The molecule has 0 bridgehead atoms. The summed E-state index contributed by atoms with van der Waals surface area (Å²) in [5.41, 5.74) is 5.75. The largest absolute Gasteiger partial charge is 0.374 e. The Kier molecular flexibility index (Phi) is 6.03. The molecule has 0 atom stereocenters. The van der Waals surface area contributed by atoms with E-state index in [2.05, 4.69) is 15.5 Å². The van der Waals surface area contributed by atoms with Crippen molar-refractivity contribution in [3.8, 4) is 0 Å². The number of aromatic nitrogens is 2. The Bertz CT molecular complexity index is 912. The number of benzene rings is 1. The highest BCUT2D eigenvalue weighted by atomic mass is 35.5. The number of hydrogen-bond acceptors (Lipinski definition) is 8. The lowest BCUT2D eigenvalue weighted by atomic mass is 10.3. The summed E-state index contributed by atoms with van der Waals surface area (Å²) in [6.07, 6.45) is 1.70. The van der Waals surface area contributed by atoms with Crippen molar-refractivity contribution < 1.29 is 13.2 Å². The first kappa shape index (κ1) is 19.4. The van der Waals surface area contributed by atoms with E-state index in [1.54, 1.807) is 0 Å². The van der Waals surface area contributed by atoms with Crippen LogP contribution in [0.2, 0.25) is 5.02 Å². The Morgan fingerprint density at radius 2 is 2.08 bits per heavy atom. The van der Waals surface area contributed by atoms with Gasteiger partial charge in [0.25, 0.3) is 0 Å². The maximum atomic E-state index is 12.6. The standard InChI is InChI=1S/C14H16ClN5O3S3/c15-10-4-3-9(26(22,23)20-5-1-2-6-20)7-11(10)17-12(21)8-24-14-19-18-13(16)25-14/h3-4,7H,1-2,5-6,8H2,(H2,16,18)(H,17,21). The third-order valence-electron chi connectivity index (χ3n) is 3.66. The van der Waals surface area contributed by atoms with E-state index in [9.17, 15) is 13.2 Å². The number of halogens is 1. The van der Waals surface area contributed by atoms with Gasteiger partial charge in [-0.3, -0.25) is 4.79 Å². The molecule has 8 nitrogen and oxygen atoms in total. The number of nitrogens with one attached hydrogen (secondary N) is 1. The monoisotopic (exact) mass is 433 g/mol. The molecular weight excluding hydrogens is 418 g/mol. The second-order valence-corrected chi connectivity index (χ2v) is 10.1. The number of rotatable bonds is 6. The van der Waals surface area contributed by atoms with Crippen LogP contribution in [0.15, 0.2) is 27.4 Å². The SMILES string of the molecule is Nc1nnc(SCC(=O)Nc2cc(S(=O)(=O)N3CCCC3)ccc2Cl)s1. The third kappa shape index (κ3) is 4.46. The summed E-state index contributed by atoms with van der Waals surface area (Å²) in [6, 6.07) is 4.31. The molecule has 1 fully saturated rings. The second kappa shape index (κ2) is 8.09. The van der Waals surface area contributed by atoms with Gasteiger partial charge >= 0.3 is 0 Å². The summed E-state index contributed by atoms with van der Waals surface area (Å²) in [4.78, 5) is 12.3. The molecule has 0 unspecified atom stereocenters. The van der Waals surface area contributed by atoms with Gasteiger partial charge in [0.2, 0.25) is 21.1 Å². The Balaban J connectivity index is 1.70. The van der Waals surface area contributed by atoms with Gasteiger partial charge in [0, 0.05) is 13.1 Å². The lowest BCUT2D eigenvalue weighted by Gasteiger charge is -2.16. The predicted molar refractivity (Wildman–Crippen MR) is 103 cm³/mol. The van der Waals surface area contributed by atoms with E-state index in [0.29, 0.717) is 22.6 Å². The molecule has 3 N–H and O–H groups in total. The van der Waals surface area contributed by atoms with Gasteiger partial charge < -0.3 is 11.1 Å². The molecule has 0 spiro atoms. The van der Waals surface area contributed by atoms with Crippen molar-refractivity contribution >= 4 is 61.4 Å². The molecule has 3 rings (SSSR count). The summed E-state index contributed by atoms with van der Waals surface area (Å²) >= 11 is 8.48. The molecule has 0 saturated carbocycles. The van der Waals surface area contributed by atoms with Crippen molar-refractivity contribution in [2.24, 2.45) is 0 Å². The molecule has 1 aromatic heterocycles. The van der Waals surface area contributed by atoms with E-state index in [1.807, 2.05) is 0 Å². The smallest absolute Gasteiger partial charge is 0.243 e. The zero-order valence-corrected chi connectivity index (χ0v) is 16.7. The van der Waals surface area contributed by atoms with Crippen LogP contribution in [0, 0.1) is 0 Å². The molecule has 2 aromatic rings. The summed E-state index contributed by atoms with van der Waals surface area (Å²) < 4.78 is 27.3. The third-order valence-corrected chi connectivity index (χ3v) is 7.77. The first-order valence-electron chi connectivity index (χ1n) is 7.67. The highest BCUT2D eigenvalue weighted by molar-refractivity contribution is 8.01. The number of thioether (sulfide) groups is 1. The quantitative estimate of drug-likeness (QED) is 0.670. The minimum absolute atomic E-state index is 0.0774. The Morgan fingerprint density at radius 1 is 1.35 bits per heavy atom. The fourth-order valence-corrected chi connectivity index (χ4v) is 5.58. The molecule has 1 aliphatic heterocycles. The van der Waals surface area contributed by atoms with Gasteiger partial charge in [-0.15, -0.1) is 10.2 Å². The summed E-state index contributed by atoms with van der Waals surface area (Å²) in [6.45, 7) is 1.02. The van der Waals surface area contributed by atoms with Crippen LogP contribution in [0.4, 0.5) is 10.8 Å². The minimum Gasteiger partial charge on any atom is -0.374 e. The molecule has 0 radical (unpaired) electrons. The van der Waals surface area contributed by atoms with Crippen LogP contribution in [0.1, 0.15) is 12.8 Å². The molecular formula is C14H16ClN5O3S3. The molecule has 140 valence electrons. The number of hydrogen-bond donors (Lipinski definition) is 2. The van der Waals surface area contributed by atoms with E-state index < -0.39 is 10.0 Å². The number of nitrogen functional groups attached to an aromatic ring is 1. The van der Waals surface area contributed by atoms with Crippen molar-refractivity contribution in [3.05, 3.63) is 23.2 Å². The molecule has 0 aliphatic carbocycles. The van der Waals surface area contributed by atoms with Crippen molar-refractivity contribution in [2.45, 2.75) is 22.1 Å². The van der Waals surface area contributed by atoms with Gasteiger partial charge in [0.15, 0.2) is 4.34 Å². The second-order valence-electron chi connectivity index (χ2n) is 5.50. The Morgan fingerprint density at radius 3 is 2.73 bits per heavy atom. The zero-order chi connectivity index (χ0) is 18.7. The molecule has 1 aliphatic rings. The van der Waals surface area contributed by atoms with Gasteiger partial charge in [0.05, 0.1) is 21.4 Å². The van der Waals surface area contributed by atoms with Crippen LogP contribution >= 0.6 is 34.7 Å². The maximum Gasteiger partial charge on any atom is 0.243 e. The molecule has 1 aromatic carbocycles. The number of anilines is 2. The molecule has 1 amide bonds. The average Bonchev–Trinajstić information content (AvgIpc) is 3.27.